The monoisotopic (exact) mass is 381 g/mol. The molecule has 1 aromatic carbocycles. The molecule has 0 saturated heterocycles. The average Bonchev–Trinajstić information content (AvgIpc) is 3.08. The summed E-state index contributed by atoms with van der Waals surface area (Å²) in [5.74, 6) is 1.72. The van der Waals surface area contributed by atoms with Crippen LogP contribution >= 0.6 is 15.9 Å². The van der Waals surface area contributed by atoms with Crippen LogP contribution in [0.15, 0.2) is 16.6 Å². The first-order chi connectivity index (χ1) is 11.3. The third-order valence-corrected chi connectivity index (χ3v) is 5.85. The number of methoxy groups -OCH3 is 1. The van der Waals surface area contributed by atoms with Crippen molar-refractivity contribution in [1.29, 1.82) is 0 Å². The van der Waals surface area contributed by atoms with Gasteiger partial charge in [0.15, 0.2) is 11.5 Å². The molecule has 0 unspecified atom stereocenters. The maximum Gasteiger partial charge on any atom is 0.162 e. The first-order valence-corrected chi connectivity index (χ1v) is 9.82. The fourth-order valence-electron chi connectivity index (χ4n) is 3.71. The van der Waals surface area contributed by atoms with Crippen LogP contribution in [0.2, 0.25) is 0 Å². The maximum atomic E-state index is 6.15. The topological polar surface area (TPSA) is 30.5 Å². The van der Waals surface area contributed by atoms with Crippen LogP contribution in [0, 0.1) is 0 Å². The molecule has 4 heteroatoms. The van der Waals surface area contributed by atoms with Crippen molar-refractivity contribution in [2.24, 2.45) is 0 Å². The van der Waals surface area contributed by atoms with Crippen LogP contribution in [0.1, 0.15) is 63.4 Å². The Kier molecular flexibility index (Phi) is 6.23. The molecule has 0 heterocycles. The molecule has 0 radical (unpaired) electrons. The molecule has 2 aliphatic rings. The third kappa shape index (κ3) is 4.63. The second-order valence-corrected chi connectivity index (χ2v) is 7.69. The lowest BCUT2D eigenvalue weighted by atomic mass is 9.95. The molecule has 2 aliphatic carbocycles. The average molecular weight is 382 g/mol. The van der Waals surface area contributed by atoms with Gasteiger partial charge in [-0.15, -0.1) is 0 Å². The van der Waals surface area contributed by atoms with Gasteiger partial charge in [-0.2, -0.15) is 0 Å². The Labute approximate surface area is 148 Å². The van der Waals surface area contributed by atoms with Crippen molar-refractivity contribution >= 4 is 15.9 Å². The van der Waals surface area contributed by atoms with Crippen molar-refractivity contribution < 1.29 is 9.47 Å². The fourth-order valence-corrected chi connectivity index (χ4v) is 4.17. The van der Waals surface area contributed by atoms with Gasteiger partial charge in [0.25, 0.3) is 0 Å². The summed E-state index contributed by atoms with van der Waals surface area (Å²) in [6, 6.07) is 4.86. The van der Waals surface area contributed by atoms with E-state index in [-0.39, 0.29) is 0 Å². The lowest BCUT2D eigenvalue weighted by Crippen LogP contribution is -2.30. The highest BCUT2D eigenvalue weighted by molar-refractivity contribution is 9.10. The van der Waals surface area contributed by atoms with Crippen molar-refractivity contribution in [3.8, 4) is 11.5 Å². The second-order valence-electron chi connectivity index (χ2n) is 6.83. The van der Waals surface area contributed by atoms with Crippen LogP contribution < -0.4 is 14.8 Å². The van der Waals surface area contributed by atoms with Crippen molar-refractivity contribution in [3.05, 3.63) is 22.2 Å². The van der Waals surface area contributed by atoms with Gasteiger partial charge in [0.1, 0.15) is 0 Å². The molecule has 2 fully saturated rings. The van der Waals surface area contributed by atoms with E-state index < -0.39 is 0 Å². The molecule has 0 bridgehead atoms. The Bertz CT molecular complexity index is 508. The quantitative estimate of drug-likeness (QED) is 0.734. The standard InChI is InChI=1S/C19H28BrNO2/c1-22-18-11-14(13-21-15-7-3-2-4-8-15)17(20)12-19(18)23-16-9-5-6-10-16/h11-12,15-16,21H,2-10,13H2,1H3. The summed E-state index contributed by atoms with van der Waals surface area (Å²) in [7, 11) is 1.73. The number of hydrogen-bond donors (Lipinski definition) is 1. The normalized spacial score (nSPS) is 19.9. The van der Waals surface area contributed by atoms with Gasteiger partial charge in [0, 0.05) is 17.1 Å². The molecular formula is C19H28BrNO2. The van der Waals surface area contributed by atoms with Gasteiger partial charge >= 0.3 is 0 Å². The van der Waals surface area contributed by atoms with E-state index >= 15 is 0 Å². The minimum Gasteiger partial charge on any atom is -0.493 e. The molecule has 128 valence electrons. The van der Waals surface area contributed by atoms with Gasteiger partial charge < -0.3 is 14.8 Å². The van der Waals surface area contributed by atoms with E-state index in [1.54, 1.807) is 7.11 Å². The molecule has 1 aromatic rings. The van der Waals surface area contributed by atoms with Crippen LogP contribution in [-0.2, 0) is 6.54 Å². The molecule has 1 N–H and O–H groups in total. The zero-order valence-electron chi connectivity index (χ0n) is 14.1. The van der Waals surface area contributed by atoms with Crippen molar-refractivity contribution in [3.63, 3.8) is 0 Å². The number of benzene rings is 1. The number of hydrogen-bond acceptors (Lipinski definition) is 3. The van der Waals surface area contributed by atoms with E-state index in [0.717, 1.165) is 35.4 Å². The fraction of sp³-hybridized carbons (Fsp3) is 0.684. The summed E-state index contributed by atoms with van der Waals surface area (Å²) in [5.41, 5.74) is 1.24. The largest absolute Gasteiger partial charge is 0.493 e. The molecule has 0 atom stereocenters. The SMILES string of the molecule is COc1cc(CNC2CCCCC2)c(Br)cc1OC1CCCC1. The van der Waals surface area contributed by atoms with Crippen LogP contribution in [0.3, 0.4) is 0 Å². The van der Waals surface area contributed by atoms with Gasteiger partial charge in [-0.25, -0.2) is 0 Å². The molecule has 3 nitrogen and oxygen atoms in total. The summed E-state index contributed by atoms with van der Waals surface area (Å²) >= 11 is 3.71. The molecule has 23 heavy (non-hydrogen) atoms. The number of rotatable bonds is 6. The molecule has 3 rings (SSSR count). The summed E-state index contributed by atoms with van der Waals surface area (Å²) in [4.78, 5) is 0. The van der Waals surface area contributed by atoms with Crippen molar-refractivity contribution in [2.75, 3.05) is 7.11 Å². The zero-order chi connectivity index (χ0) is 16.1. The first-order valence-electron chi connectivity index (χ1n) is 9.02. The van der Waals surface area contributed by atoms with E-state index in [0.29, 0.717) is 12.1 Å². The van der Waals surface area contributed by atoms with E-state index in [1.165, 1.54) is 50.5 Å². The minimum atomic E-state index is 0.349. The van der Waals surface area contributed by atoms with Gasteiger partial charge in [0.05, 0.1) is 13.2 Å². The smallest absolute Gasteiger partial charge is 0.162 e. The number of ether oxygens (including phenoxy) is 2. The second kappa shape index (κ2) is 8.39. The maximum absolute atomic E-state index is 6.15. The molecular weight excluding hydrogens is 354 g/mol. The zero-order valence-corrected chi connectivity index (χ0v) is 15.7. The van der Waals surface area contributed by atoms with Crippen LogP contribution in [0.25, 0.3) is 0 Å². The molecule has 0 amide bonds. The van der Waals surface area contributed by atoms with Gasteiger partial charge in [-0.3, -0.25) is 0 Å². The van der Waals surface area contributed by atoms with E-state index in [2.05, 4.69) is 33.4 Å². The summed E-state index contributed by atoms with van der Waals surface area (Å²) < 4.78 is 12.8. The lowest BCUT2D eigenvalue weighted by molar-refractivity contribution is 0.200. The van der Waals surface area contributed by atoms with E-state index in [9.17, 15) is 0 Å². The summed E-state index contributed by atoms with van der Waals surface area (Å²) in [6.45, 7) is 0.880. The van der Waals surface area contributed by atoms with Crippen molar-refractivity contribution in [2.45, 2.75) is 76.5 Å². The highest BCUT2D eigenvalue weighted by Crippen LogP contribution is 2.36. The molecule has 0 aliphatic heterocycles. The Hall–Kier alpha value is -0.740. The Morgan fingerprint density at radius 1 is 1.00 bits per heavy atom. The van der Waals surface area contributed by atoms with Crippen LogP contribution in [0.4, 0.5) is 0 Å². The summed E-state index contributed by atoms with van der Waals surface area (Å²) in [6.07, 6.45) is 11.9. The Balaban J connectivity index is 1.65. The Morgan fingerprint density at radius 2 is 1.70 bits per heavy atom. The molecule has 0 spiro atoms. The molecule has 0 aromatic heterocycles. The highest BCUT2D eigenvalue weighted by Gasteiger charge is 2.20. The third-order valence-electron chi connectivity index (χ3n) is 5.11. The first kappa shape index (κ1) is 17.1. The Morgan fingerprint density at radius 3 is 2.39 bits per heavy atom. The minimum absolute atomic E-state index is 0.349. The highest BCUT2D eigenvalue weighted by atomic mass is 79.9. The number of halogens is 1. The number of nitrogens with one attached hydrogen (secondary N) is 1. The molecule has 2 saturated carbocycles. The van der Waals surface area contributed by atoms with Crippen LogP contribution in [0.5, 0.6) is 11.5 Å². The van der Waals surface area contributed by atoms with Crippen molar-refractivity contribution in [1.82, 2.24) is 5.32 Å². The predicted octanol–water partition coefficient (Wildman–Crippen LogP) is 5.20. The van der Waals surface area contributed by atoms with E-state index in [4.69, 9.17) is 9.47 Å². The predicted molar refractivity (Wildman–Crippen MR) is 97.3 cm³/mol. The van der Waals surface area contributed by atoms with Gasteiger partial charge in [-0.05, 0) is 56.2 Å². The van der Waals surface area contributed by atoms with Gasteiger partial charge in [0.2, 0.25) is 0 Å². The lowest BCUT2D eigenvalue weighted by Gasteiger charge is -2.23. The van der Waals surface area contributed by atoms with Gasteiger partial charge in [-0.1, -0.05) is 35.2 Å². The summed E-state index contributed by atoms with van der Waals surface area (Å²) in [5, 5.41) is 3.70. The van der Waals surface area contributed by atoms with E-state index in [1.807, 2.05) is 0 Å². The van der Waals surface area contributed by atoms with Crippen LogP contribution in [-0.4, -0.2) is 19.3 Å².